The molecule has 3 rings (SSSR count). The normalized spacial score (nSPS) is 14.0. The lowest BCUT2D eigenvalue weighted by Gasteiger charge is -2.26. The summed E-state index contributed by atoms with van der Waals surface area (Å²) in [7, 11) is 5.21. The van der Waals surface area contributed by atoms with Gasteiger partial charge < -0.3 is 19.7 Å². The van der Waals surface area contributed by atoms with Crippen LogP contribution in [0.5, 0.6) is 11.5 Å². The lowest BCUT2D eigenvalue weighted by Crippen LogP contribution is -2.29. The number of carbonyl (C=O) groups excluding carboxylic acids is 1. The Bertz CT molecular complexity index is 761. The van der Waals surface area contributed by atoms with Crippen molar-refractivity contribution < 1.29 is 14.3 Å². The van der Waals surface area contributed by atoms with Crippen LogP contribution in [0.2, 0.25) is 0 Å². The van der Waals surface area contributed by atoms with Crippen molar-refractivity contribution in [2.45, 2.75) is 13.0 Å². The molecule has 0 atom stereocenters. The van der Waals surface area contributed by atoms with Gasteiger partial charge in [-0.25, -0.2) is 0 Å². The number of methoxy groups -OCH3 is 2. The minimum Gasteiger partial charge on any atom is -0.493 e. The third-order valence-corrected chi connectivity index (χ3v) is 4.22. The van der Waals surface area contributed by atoms with E-state index >= 15 is 0 Å². The monoisotopic (exact) mass is 327 g/mol. The van der Waals surface area contributed by atoms with Crippen LogP contribution < -0.4 is 14.8 Å². The van der Waals surface area contributed by atoms with E-state index in [4.69, 9.17) is 9.47 Å². The number of nitrogens with one attached hydrogen (secondary N) is 1. The topological polar surface area (TPSA) is 63.7 Å². The van der Waals surface area contributed by atoms with Crippen LogP contribution in [0.1, 0.15) is 21.5 Å². The van der Waals surface area contributed by atoms with Crippen molar-refractivity contribution in [1.82, 2.24) is 9.88 Å². The Morgan fingerprint density at radius 1 is 1.21 bits per heavy atom. The van der Waals surface area contributed by atoms with Crippen LogP contribution in [0.3, 0.4) is 0 Å². The summed E-state index contributed by atoms with van der Waals surface area (Å²) in [5, 5.41) is 2.92. The van der Waals surface area contributed by atoms with Gasteiger partial charge in [0.25, 0.3) is 5.91 Å². The van der Waals surface area contributed by atoms with Crippen LogP contribution >= 0.6 is 0 Å². The number of hydrogen-bond acceptors (Lipinski definition) is 5. The molecule has 1 N–H and O–H groups in total. The largest absolute Gasteiger partial charge is 0.493 e. The number of ether oxygens (including phenoxy) is 2. The third kappa shape index (κ3) is 3.19. The number of carbonyl (C=O) groups is 1. The van der Waals surface area contributed by atoms with E-state index in [2.05, 4.69) is 22.2 Å². The second kappa shape index (κ2) is 6.88. The number of aromatic nitrogens is 1. The van der Waals surface area contributed by atoms with Gasteiger partial charge in [0, 0.05) is 37.2 Å². The van der Waals surface area contributed by atoms with Gasteiger partial charge in [0.1, 0.15) is 0 Å². The Kier molecular flexibility index (Phi) is 4.66. The third-order valence-electron chi connectivity index (χ3n) is 4.22. The number of pyridine rings is 1. The van der Waals surface area contributed by atoms with Gasteiger partial charge in [-0.1, -0.05) is 0 Å². The molecule has 0 bridgehead atoms. The molecule has 2 heterocycles. The average molecular weight is 327 g/mol. The summed E-state index contributed by atoms with van der Waals surface area (Å²) >= 11 is 0. The van der Waals surface area contributed by atoms with Gasteiger partial charge >= 0.3 is 0 Å². The van der Waals surface area contributed by atoms with Crippen LogP contribution in [-0.2, 0) is 13.0 Å². The summed E-state index contributed by atoms with van der Waals surface area (Å²) < 4.78 is 10.5. The zero-order valence-electron chi connectivity index (χ0n) is 14.1. The van der Waals surface area contributed by atoms with Crippen molar-refractivity contribution in [2.75, 3.05) is 33.1 Å². The number of hydrogen-bond donors (Lipinski definition) is 1. The van der Waals surface area contributed by atoms with Crippen molar-refractivity contribution >= 4 is 11.6 Å². The van der Waals surface area contributed by atoms with E-state index in [1.54, 1.807) is 38.6 Å². The van der Waals surface area contributed by atoms with Gasteiger partial charge in [0.05, 0.1) is 19.8 Å². The van der Waals surface area contributed by atoms with E-state index in [0.717, 1.165) is 30.6 Å². The lowest BCUT2D eigenvalue weighted by atomic mass is 9.97. The Morgan fingerprint density at radius 3 is 2.75 bits per heavy atom. The smallest absolute Gasteiger partial charge is 0.257 e. The summed E-state index contributed by atoms with van der Waals surface area (Å²) in [5.41, 5.74) is 3.49. The molecule has 1 aliphatic rings. The fraction of sp³-hybridized carbons (Fsp3) is 0.333. The Hall–Kier alpha value is -2.60. The highest BCUT2D eigenvalue weighted by Crippen LogP contribution is 2.30. The van der Waals surface area contributed by atoms with Crippen LogP contribution in [0.15, 0.2) is 30.6 Å². The van der Waals surface area contributed by atoms with E-state index in [1.165, 1.54) is 0 Å². The molecule has 1 amide bonds. The molecule has 0 saturated heterocycles. The van der Waals surface area contributed by atoms with Crippen LogP contribution in [0.4, 0.5) is 5.69 Å². The number of benzene rings is 1. The van der Waals surface area contributed by atoms with E-state index in [1.807, 2.05) is 6.20 Å². The highest BCUT2D eigenvalue weighted by atomic mass is 16.5. The van der Waals surface area contributed by atoms with Crippen molar-refractivity contribution in [3.05, 3.63) is 47.3 Å². The fourth-order valence-corrected chi connectivity index (χ4v) is 2.94. The number of anilines is 1. The minimum absolute atomic E-state index is 0.156. The van der Waals surface area contributed by atoms with Crippen molar-refractivity contribution in [3.63, 3.8) is 0 Å². The Labute approximate surface area is 141 Å². The molecule has 0 saturated carbocycles. The highest BCUT2D eigenvalue weighted by Gasteiger charge is 2.20. The number of amides is 1. The molecule has 0 fully saturated rings. The Balaban J connectivity index is 1.85. The van der Waals surface area contributed by atoms with E-state index in [0.29, 0.717) is 22.7 Å². The van der Waals surface area contributed by atoms with Crippen molar-refractivity contribution in [1.29, 1.82) is 0 Å². The first kappa shape index (κ1) is 16.3. The standard InChI is InChI=1S/C18H21N3O3/c1-21-7-6-14-12(11-21)9-19-10-15(14)18(22)20-13-4-5-16(23-2)17(8-13)24-3/h4-5,8-10H,6-7,11H2,1-3H3,(H,20,22). The van der Waals surface area contributed by atoms with Gasteiger partial charge in [-0.3, -0.25) is 9.78 Å². The molecule has 24 heavy (non-hydrogen) atoms. The van der Waals surface area contributed by atoms with Crippen LogP contribution in [-0.4, -0.2) is 43.6 Å². The van der Waals surface area contributed by atoms with Gasteiger partial charge in [-0.05, 0) is 36.7 Å². The van der Waals surface area contributed by atoms with Gasteiger partial charge in [0.2, 0.25) is 0 Å². The molecule has 6 heteroatoms. The molecule has 0 unspecified atom stereocenters. The van der Waals surface area contributed by atoms with Crippen LogP contribution in [0, 0.1) is 0 Å². The van der Waals surface area contributed by atoms with Crippen molar-refractivity contribution in [2.24, 2.45) is 0 Å². The molecular weight excluding hydrogens is 306 g/mol. The van der Waals surface area contributed by atoms with E-state index in [9.17, 15) is 4.79 Å². The molecule has 126 valence electrons. The maximum Gasteiger partial charge on any atom is 0.257 e. The molecule has 1 aliphatic heterocycles. The number of fused-ring (bicyclic) bond motifs is 1. The molecule has 1 aromatic heterocycles. The first-order valence-electron chi connectivity index (χ1n) is 7.80. The summed E-state index contributed by atoms with van der Waals surface area (Å²) in [5.74, 6) is 1.04. The average Bonchev–Trinajstić information content (AvgIpc) is 2.60. The zero-order chi connectivity index (χ0) is 17.1. The van der Waals surface area contributed by atoms with Crippen molar-refractivity contribution in [3.8, 4) is 11.5 Å². The predicted molar refractivity (Wildman–Crippen MR) is 91.8 cm³/mol. The molecule has 1 aromatic carbocycles. The minimum atomic E-state index is -0.156. The zero-order valence-corrected chi connectivity index (χ0v) is 14.1. The first-order chi connectivity index (χ1) is 11.6. The fourth-order valence-electron chi connectivity index (χ4n) is 2.94. The second-order valence-corrected chi connectivity index (χ2v) is 5.84. The van der Waals surface area contributed by atoms with E-state index < -0.39 is 0 Å². The quantitative estimate of drug-likeness (QED) is 0.934. The second-order valence-electron chi connectivity index (χ2n) is 5.84. The molecule has 2 aromatic rings. The number of likely N-dealkylation sites (N-methyl/N-ethyl adjacent to an activating group) is 1. The highest BCUT2D eigenvalue weighted by molar-refractivity contribution is 6.05. The molecule has 0 spiro atoms. The van der Waals surface area contributed by atoms with Gasteiger partial charge in [-0.2, -0.15) is 0 Å². The Morgan fingerprint density at radius 2 is 2.00 bits per heavy atom. The molecule has 0 radical (unpaired) electrons. The van der Waals surface area contributed by atoms with Crippen LogP contribution in [0.25, 0.3) is 0 Å². The predicted octanol–water partition coefficient (Wildman–Crippen LogP) is 2.34. The molecular formula is C18H21N3O3. The number of rotatable bonds is 4. The summed E-state index contributed by atoms with van der Waals surface area (Å²) in [6, 6.07) is 5.30. The SMILES string of the molecule is COc1ccc(NC(=O)c2cncc3c2CCN(C)C3)cc1OC. The summed E-state index contributed by atoms with van der Waals surface area (Å²) in [6.07, 6.45) is 4.33. The van der Waals surface area contributed by atoms with Gasteiger partial charge in [0.15, 0.2) is 11.5 Å². The summed E-state index contributed by atoms with van der Waals surface area (Å²) in [6.45, 7) is 1.76. The molecule has 0 aliphatic carbocycles. The maximum absolute atomic E-state index is 12.7. The lowest BCUT2D eigenvalue weighted by molar-refractivity contribution is 0.102. The first-order valence-corrected chi connectivity index (χ1v) is 7.80. The van der Waals surface area contributed by atoms with Gasteiger partial charge in [-0.15, -0.1) is 0 Å². The summed E-state index contributed by atoms with van der Waals surface area (Å²) in [4.78, 5) is 19.1. The number of nitrogens with zero attached hydrogens (tertiary/aromatic N) is 2. The molecule has 6 nitrogen and oxygen atoms in total. The maximum atomic E-state index is 12.7. The van der Waals surface area contributed by atoms with E-state index in [-0.39, 0.29) is 5.91 Å².